The summed E-state index contributed by atoms with van der Waals surface area (Å²) < 4.78 is 15.7. The maximum absolute atomic E-state index is 6.81. The first kappa shape index (κ1) is 32.1. The van der Waals surface area contributed by atoms with Gasteiger partial charge < -0.3 is 18.7 Å². The fraction of sp³-hybridized carbons (Fsp3) is 0.0784. The normalized spacial score (nSPS) is 18.0. The lowest BCUT2D eigenvalue weighted by molar-refractivity contribution is 0.340. The quantitative estimate of drug-likeness (QED) is 0.185. The fourth-order valence-corrected chi connectivity index (χ4v) is 9.09. The highest BCUT2D eigenvalue weighted by molar-refractivity contribution is 6.11. The number of aliphatic imine (C=N–C) groups is 1. The highest BCUT2D eigenvalue weighted by atomic mass is 16.3. The zero-order valence-corrected chi connectivity index (χ0v) is 30.9. The minimum Gasteiger partial charge on any atom is -0.456 e. The summed E-state index contributed by atoms with van der Waals surface area (Å²) in [4.78, 5) is 5.10. The predicted molar refractivity (Wildman–Crippen MR) is 232 cm³/mol. The van der Waals surface area contributed by atoms with Gasteiger partial charge in [0.05, 0.1) is 17.2 Å². The third-order valence-electron chi connectivity index (χ3n) is 11.8. The number of nitrogens with one attached hydrogen (secondary N) is 2. The van der Waals surface area contributed by atoms with E-state index in [1.807, 2.05) is 12.1 Å². The molecule has 0 radical (unpaired) electrons. The molecule has 0 saturated carbocycles. The predicted octanol–water partition coefficient (Wildman–Crippen LogP) is 10.3. The number of aromatic nitrogens is 1. The zero-order chi connectivity index (χ0) is 37.5. The average Bonchev–Trinajstić information content (AvgIpc) is 3.95. The van der Waals surface area contributed by atoms with Gasteiger partial charge in [-0.25, -0.2) is 4.99 Å². The van der Waals surface area contributed by atoms with Gasteiger partial charge in [0.1, 0.15) is 34.2 Å². The van der Waals surface area contributed by atoms with Crippen LogP contribution in [0.4, 0.5) is 0 Å². The van der Waals surface area contributed by atoms with Gasteiger partial charge in [0.2, 0.25) is 0 Å². The van der Waals surface area contributed by atoms with E-state index < -0.39 is 0 Å². The van der Waals surface area contributed by atoms with Crippen molar-refractivity contribution >= 4 is 72.7 Å². The highest BCUT2D eigenvalue weighted by Gasteiger charge is 2.30. The smallest absolute Gasteiger partial charge is 0.143 e. The van der Waals surface area contributed by atoms with E-state index in [2.05, 4.69) is 179 Å². The van der Waals surface area contributed by atoms with Crippen LogP contribution in [0.2, 0.25) is 0 Å². The number of para-hydroxylation sites is 3. The molecule has 57 heavy (non-hydrogen) atoms. The second-order valence-corrected chi connectivity index (χ2v) is 15.1. The molecule has 0 fully saturated rings. The Kier molecular flexibility index (Phi) is 7.16. The molecule has 10 aromatic rings. The number of hydrogen-bond donors (Lipinski definition) is 2. The Morgan fingerprint density at radius 2 is 1.32 bits per heavy atom. The molecule has 1 aliphatic heterocycles. The van der Waals surface area contributed by atoms with Crippen LogP contribution in [-0.4, -0.2) is 16.6 Å². The summed E-state index contributed by atoms with van der Waals surface area (Å²) in [6.07, 6.45) is 5.27. The van der Waals surface area contributed by atoms with Crippen LogP contribution in [0.15, 0.2) is 178 Å². The lowest BCUT2D eigenvalue weighted by atomic mass is 9.94. The summed E-state index contributed by atoms with van der Waals surface area (Å²) in [5.74, 6) is 1.03. The number of rotatable bonds is 5. The van der Waals surface area contributed by atoms with Crippen molar-refractivity contribution in [2.24, 2.45) is 10.9 Å². The van der Waals surface area contributed by atoms with Crippen LogP contribution in [0.5, 0.6) is 0 Å². The summed E-state index contributed by atoms with van der Waals surface area (Å²) >= 11 is 0. The van der Waals surface area contributed by atoms with E-state index in [0.29, 0.717) is 0 Å². The van der Waals surface area contributed by atoms with Crippen molar-refractivity contribution in [3.05, 3.63) is 186 Å². The topological polar surface area (TPSA) is 67.6 Å². The molecular formula is C51H36N4O2. The van der Waals surface area contributed by atoms with Gasteiger partial charge in [0.25, 0.3) is 0 Å². The second kappa shape index (κ2) is 12.7. The maximum Gasteiger partial charge on any atom is 0.143 e. The summed E-state index contributed by atoms with van der Waals surface area (Å²) in [6.45, 7) is 0. The molecule has 0 bridgehead atoms. The highest BCUT2D eigenvalue weighted by Crippen LogP contribution is 2.38. The Labute approximate surface area is 327 Å². The van der Waals surface area contributed by atoms with Crippen LogP contribution in [0.1, 0.15) is 23.7 Å². The molecule has 2 aliphatic rings. The van der Waals surface area contributed by atoms with Gasteiger partial charge in [0, 0.05) is 54.9 Å². The number of amidine groups is 1. The van der Waals surface area contributed by atoms with Crippen LogP contribution >= 0.6 is 0 Å². The first-order valence-electron chi connectivity index (χ1n) is 19.6. The maximum atomic E-state index is 6.81. The number of nitrogens with zero attached hydrogens (tertiary/aromatic N) is 2. The Balaban J connectivity index is 0.912. The zero-order valence-electron chi connectivity index (χ0n) is 30.9. The number of benzene rings is 7. The van der Waals surface area contributed by atoms with Crippen LogP contribution in [0.25, 0.3) is 83.7 Å². The first-order chi connectivity index (χ1) is 28.2. The third-order valence-corrected chi connectivity index (χ3v) is 11.8. The van der Waals surface area contributed by atoms with Crippen LogP contribution in [0, 0.1) is 5.92 Å². The standard InChI is InChI=1S/C51H36N4O2/c1-3-12-31(13-4-1)49-52-50(32-14-5-2-6-15-32)54-51(53-49)34-23-26-39-41-19-11-18-36(48(41)57-47(39)29-34)33-22-25-40-42-30-35(24-27-45(42)56-46(40)28-33)55-43-20-9-7-16-37(43)38-17-8-10-21-44(38)55/h1-22,24-30,34,49,51,53H,23H2,(H,52,54). The van der Waals surface area contributed by atoms with E-state index >= 15 is 0 Å². The number of furan rings is 2. The molecule has 0 spiro atoms. The second-order valence-electron chi connectivity index (χ2n) is 15.1. The van der Waals surface area contributed by atoms with Crippen LogP contribution in [-0.2, 0) is 0 Å². The van der Waals surface area contributed by atoms with Gasteiger partial charge in [-0.2, -0.15) is 0 Å². The van der Waals surface area contributed by atoms with E-state index in [1.165, 1.54) is 21.8 Å². The molecule has 272 valence electrons. The SMILES string of the molecule is C1=c2oc3c(-c4ccc5c(c4)oc4ccc(-n6c7ccccc7c7ccccc76)cc45)cccc3c2=CCC1C1NC(c2ccccc2)=NC(c2ccccc2)N1. The molecular weight excluding hydrogens is 701 g/mol. The largest absolute Gasteiger partial charge is 0.456 e. The summed E-state index contributed by atoms with van der Waals surface area (Å²) in [6, 6.07) is 57.6. The van der Waals surface area contributed by atoms with Gasteiger partial charge in [-0.05, 0) is 66.1 Å². The van der Waals surface area contributed by atoms with Gasteiger partial charge in [0.15, 0.2) is 0 Å². The minimum absolute atomic E-state index is 0.0500. The Morgan fingerprint density at radius 3 is 2.12 bits per heavy atom. The van der Waals surface area contributed by atoms with Gasteiger partial charge in [-0.1, -0.05) is 127 Å². The number of hydrogen-bond acceptors (Lipinski definition) is 5. The molecule has 3 unspecified atom stereocenters. The van der Waals surface area contributed by atoms with E-state index in [0.717, 1.165) is 83.7 Å². The molecule has 12 rings (SSSR count). The van der Waals surface area contributed by atoms with Crippen molar-refractivity contribution < 1.29 is 8.83 Å². The Hall–Kier alpha value is -7.15. The fourth-order valence-electron chi connectivity index (χ4n) is 9.09. The van der Waals surface area contributed by atoms with Crippen molar-refractivity contribution in [3.8, 4) is 16.8 Å². The molecule has 1 aliphatic carbocycles. The lowest BCUT2D eigenvalue weighted by Gasteiger charge is -2.35. The van der Waals surface area contributed by atoms with Crippen molar-refractivity contribution in [3.63, 3.8) is 0 Å². The van der Waals surface area contributed by atoms with Crippen LogP contribution < -0.4 is 21.3 Å². The molecule has 3 atom stereocenters. The summed E-state index contributed by atoms with van der Waals surface area (Å²) in [5.41, 5.74) is 11.3. The monoisotopic (exact) mass is 736 g/mol. The summed E-state index contributed by atoms with van der Waals surface area (Å²) in [5, 5.41) is 14.5. The van der Waals surface area contributed by atoms with Gasteiger partial charge in [-0.3, -0.25) is 5.32 Å². The molecule has 7 aromatic carbocycles. The van der Waals surface area contributed by atoms with Crippen LogP contribution in [0.3, 0.4) is 0 Å². The van der Waals surface area contributed by atoms with E-state index in [4.69, 9.17) is 13.8 Å². The average molecular weight is 737 g/mol. The molecule has 0 saturated heterocycles. The third kappa shape index (κ3) is 5.18. The van der Waals surface area contributed by atoms with Crippen molar-refractivity contribution in [2.45, 2.75) is 18.8 Å². The molecule has 6 heteroatoms. The molecule has 6 nitrogen and oxygen atoms in total. The molecule has 3 aromatic heterocycles. The van der Waals surface area contributed by atoms with Crippen molar-refractivity contribution in [1.82, 2.24) is 15.2 Å². The minimum atomic E-state index is -0.168. The van der Waals surface area contributed by atoms with E-state index in [1.54, 1.807) is 0 Å². The molecule has 0 amide bonds. The van der Waals surface area contributed by atoms with E-state index in [9.17, 15) is 0 Å². The van der Waals surface area contributed by atoms with Crippen molar-refractivity contribution in [2.75, 3.05) is 0 Å². The Bertz CT molecular complexity index is 3300. The first-order valence-corrected chi connectivity index (χ1v) is 19.6. The lowest BCUT2D eigenvalue weighted by Crippen LogP contribution is -2.55. The molecule has 2 N–H and O–H groups in total. The van der Waals surface area contributed by atoms with Gasteiger partial charge in [-0.15, -0.1) is 0 Å². The Morgan fingerprint density at radius 1 is 0.579 bits per heavy atom. The molecule has 4 heterocycles. The van der Waals surface area contributed by atoms with Crippen molar-refractivity contribution in [1.29, 1.82) is 0 Å². The number of fused-ring (bicyclic) bond motifs is 9. The van der Waals surface area contributed by atoms with E-state index in [-0.39, 0.29) is 18.2 Å². The van der Waals surface area contributed by atoms with Gasteiger partial charge >= 0.3 is 0 Å². The summed E-state index contributed by atoms with van der Waals surface area (Å²) in [7, 11) is 0.